The van der Waals surface area contributed by atoms with Crippen LogP contribution in [-0.2, 0) is 0 Å². The van der Waals surface area contributed by atoms with E-state index in [-0.39, 0.29) is 35.6 Å². The fourth-order valence-corrected chi connectivity index (χ4v) is 4.19. The number of carbonyl (C=O) groups is 2. The zero-order valence-electron chi connectivity index (χ0n) is 15.4. The van der Waals surface area contributed by atoms with Crippen molar-refractivity contribution < 1.29 is 27.5 Å². The molecule has 3 atom stereocenters. The number of fused-ring (bicyclic) bond motifs is 2. The molecule has 1 saturated carbocycles. The van der Waals surface area contributed by atoms with E-state index in [0.29, 0.717) is 24.1 Å². The highest BCUT2D eigenvalue weighted by Gasteiger charge is 2.47. The number of ether oxygens (including phenoxy) is 1. The zero-order valence-corrected chi connectivity index (χ0v) is 15.4. The van der Waals surface area contributed by atoms with Crippen molar-refractivity contribution in [2.24, 2.45) is 5.92 Å². The minimum absolute atomic E-state index is 0.0133. The maximum Gasteiger partial charge on any atom is 0.573 e. The summed E-state index contributed by atoms with van der Waals surface area (Å²) in [6.07, 6.45) is -3.29. The number of halogens is 3. The average Bonchev–Trinajstić information content (AvgIpc) is 3.28. The van der Waals surface area contributed by atoms with Crippen molar-refractivity contribution in [2.45, 2.75) is 31.3 Å². The lowest BCUT2D eigenvalue weighted by atomic mass is 10.0. The van der Waals surface area contributed by atoms with Crippen molar-refractivity contribution in [3.63, 3.8) is 0 Å². The first kappa shape index (κ1) is 19.3. The summed E-state index contributed by atoms with van der Waals surface area (Å²) >= 11 is 0. The highest BCUT2D eigenvalue weighted by atomic mass is 19.4. The molecule has 0 unspecified atom stereocenters. The van der Waals surface area contributed by atoms with Crippen LogP contribution in [-0.4, -0.2) is 41.7 Å². The minimum atomic E-state index is -4.77. The van der Waals surface area contributed by atoms with Crippen LogP contribution in [0.5, 0.6) is 5.75 Å². The van der Waals surface area contributed by atoms with Gasteiger partial charge in [0.05, 0.1) is 0 Å². The predicted octanol–water partition coefficient (Wildman–Crippen LogP) is 3.62. The summed E-state index contributed by atoms with van der Waals surface area (Å²) in [6.45, 7) is 0.518. The number of hydrogen-bond acceptors (Lipinski definition) is 3. The van der Waals surface area contributed by atoms with E-state index in [1.54, 1.807) is 29.2 Å². The van der Waals surface area contributed by atoms with E-state index in [1.165, 1.54) is 12.1 Å². The molecule has 5 nitrogen and oxygen atoms in total. The fourth-order valence-electron chi connectivity index (χ4n) is 4.19. The molecular formula is C21H19F3N2O3. The van der Waals surface area contributed by atoms with E-state index >= 15 is 0 Å². The van der Waals surface area contributed by atoms with Gasteiger partial charge in [0.25, 0.3) is 11.8 Å². The Kier molecular flexibility index (Phi) is 4.94. The van der Waals surface area contributed by atoms with Crippen LogP contribution in [0.2, 0.25) is 0 Å². The number of alkyl halides is 3. The maximum atomic E-state index is 12.8. The number of likely N-dealkylation sites (tertiary alicyclic amines) is 1. The summed E-state index contributed by atoms with van der Waals surface area (Å²) in [5, 5.41) is 3.06. The third-order valence-electron chi connectivity index (χ3n) is 5.49. The summed E-state index contributed by atoms with van der Waals surface area (Å²) in [5.74, 6) is -0.532. The quantitative estimate of drug-likeness (QED) is 0.847. The SMILES string of the molecule is O=C(N[C@H]1C[C@@H]2C[C@H]1CN2C(=O)c1ccc(OC(F)(F)F)cc1)c1ccccc1. The van der Waals surface area contributed by atoms with Crippen molar-refractivity contribution in [1.82, 2.24) is 10.2 Å². The van der Waals surface area contributed by atoms with E-state index in [0.717, 1.165) is 18.6 Å². The smallest absolute Gasteiger partial charge is 0.406 e. The van der Waals surface area contributed by atoms with Crippen molar-refractivity contribution in [2.75, 3.05) is 6.54 Å². The molecule has 2 aliphatic rings. The molecule has 2 bridgehead atoms. The molecule has 29 heavy (non-hydrogen) atoms. The van der Waals surface area contributed by atoms with Crippen LogP contribution in [0.25, 0.3) is 0 Å². The summed E-state index contributed by atoms with van der Waals surface area (Å²) in [4.78, 5) is 26.9. The van der Waals surface area contributed by atoms with Gasteiger partial charge in [-0.15, -0.1) is 13.2 Å². The van der Waals surface area contributed by atoms with Gasteiger partial charge < -0.3 is 15.0 Å². The lowest BCUT2D eigenvalue weighted by Gasteiger charge is -2.32. The molecule has 2 aromatic rings. The second kappa shape index (κ2) is 7.42. The maximum absolute atomic E-state index is 12.8. The molecule has 2 aromatic carbocycles. The Bertz CT molecular complexity index is 900. The Morgan fingerprint density at radius 2 is 1.66 bits per heavy atom. The number of rotatable bonds is 4. The van der Waals surface area contributed by atoms with Crippen LogP contribution in [0.15, 0.2) is 54.6 Å². The molecule has 4 rings (SSSR count). The Balaban J connectivity index is 1.36. The van der Waals surface area contributed by atoms with Gasteiger partial charge in [0.1, 0.15) is 5.75 Å². The van der Waals surface area contributed by atoms with E-state index in [1.807, 2.05) is 6.07 Å². The molecule has 0 spiro atoms. The lowest BCUT2D eigenvalue weighted by Crippen LogP contribution is -2.47. The minimum Gasteiger partial charge on any atom is -0.406 e. The first-order valence-electron chi connectivity index (χ1n) is 9.33. The number of hydrogen-bond donors (Lipinski definition) is 1. The van der Waals surface area contributed by atoms with Gasteiger partial charge in [0.15, 0.2) is 0 Å². The Morgan fingerprint density at radius 1 is 0.966 bits per heavy atom. The summed E-state index contributed by atoms with van der Waals surface area (Å²) in [5.41, 5.74) is 0.918. The summed E-state index contributed by atoms with van der Waals surface area (Å²) in [6, 6.07) is 13.9. The zero-order chi connectivity index (χ0) is 20.6. The molecule has 1 saturated heterocycles. The first-order valence-corrected chi connectivity index (χ1v) is 9.33. The van der Waals surface area contributed by atoms with Gasteiger partial charge in [0, 0.05) is 29.8 Å². The Morgan fingerprint density at radius 3 is 2.24 bits per heavy atom. The first-order chi connectivity index (χ1) is 13.8. The van der Waals surface area contributed by atoms with E-state index < -0.39 is 6.36 Å². The lowest BCUT2D eigenvalue weighted by molar-refractivity contribution is -0.274. The monoisotopic (exact) mass is 404 g/mol. The molecule has 0 aromatic heterocycles. The van der Waals surface area contributed by atoms with Gasteiger partial charge >= 0.3 is 6.36 Å². The van der Waals surface area contributed by atoms with Crippen LogP contribution in [0.1, 0.15) is 33.6 Å². The largest absolute Gasteiger partial charge is 0.573 e. The third-order valence-corrected chi connectivity index (χ3v) is 5.49. The molecule has 0 radical (unpaired) electrons. The van der Waals surface area contributed by atoms with Crippen LogP contribution in [0.3, 0.4) is 0 Å². The molecule has 2 amide bonds. The Hall–Kier alpha value is -3.03. The third kappa shape index (κ3) is 4.21. The number of nitrogens with one attached hydrogen (secondary N) is 1. The van der Waals surface area contributed by atoms with E-state index in [4.69, 9.17) is 0 Å². The molecule has 1 N–H and O–H groups in total. The fraction of sp³-hybridized carbons (Fsp3) is 0.333. The molecule has 1 heterocycles. The van der Waals surface area contributed by atoms with Gasteiger partial charge in [-0.3, -0.25) is 9.59 Å². The number of benzene rings is 2. The average molecular weight is 404 g/mol. The molecule has 1 aliphatic carbocycles. The standard InChI is InChI=1S/C21H19F3N2O3/c22-21(23,24)29-17-8-6-14(7-9-17)20(28)26-12-15-10-16(26)11-18(15)25-19(27)13-4-2-1-3-5-13/h1-9,15-16,18H,10-12H2,(H,25,27)/t15-,16-,18-/m0/s1. The van der Waals surface area contributed by atoms with Gasteiger partial charge in [-0.1, -0.05) is 18.2 Å². The highest BCUT2D eigenvalue weighted by Crippen LogP contribution is 2.39. The van der Waals surface area contributed by atoms with Crippen LogP contribution >= 0.6 is 0 Å². The van der Waals surface area contributed by atoms with Gasteiger partial charge in [-0.25, -0.2) is 0 Å². The summed E-state index contributed by atoms with van der Waals surface area (Å²) < 4.78 is 40.6. The van der Waals surface area contributed by atoms with Gasteiger partial charge in [-0.05, 0) is 55.2 Å². The van der Waals surface area contributed by atoms with Gasteiger partial charge in [-0.2, -0.15) is 0 Å². The topological polar surface area (TPSA) is 58.6 Å². The van der Waals surface area contributed by atoms with Crippen molar-refractivity contribution in [3.8, 4) is 5.75 Å². The van der Waals surface area contributed by atoms with Crippen LogP contribution in [0.4, 0.5) is 13.2 Å². The second-order valence-electron chi connectivity index (χ2n) is 7.36. The normalized spacial score (nSPS) is 23.1. The van der Waals surface area contributed by atoms with Crippen molar-refractivity contribution in [1.29, 1.82) is 0 Å². The van der Waals surface area contributed by atoms with Crippen molar-refractivity contribution >= 4 is 11.8 Å². The van der Waals surface area contributed by atoms with E-state index in [9.17, 15) is 22.8 Å². The molecule has 2 fully saturated rings. The number of amides is 2. The van der Waals surface area contributed by atoms with Crippen LogP contribution < -0.4 is 10.1 Å². The second-order valence-corrected chi connectivity index (χ2v) is 7.36. The number of piperidine rings is 1. The summed E-state index contributed by atoms with van der Waals surface area (Å²) in [7, 11) is 0. The number of nitrogens with zero attached hydrogens (tertiary/aromatic N) is 1. The van der Waals surface area contributed by atoms with Crippen molar-refractivity contribution in [3.05, 3.63) is 65.7 Å². The predicted molar refractivity (Wildman–Crippen MR) is 98.4 cm³/mol. The molecule has 8 heteroatoms. The Labute approximate surface area is 165 Å². The van der Waals surface area contributed by atoms with Gasteiger partial charge in [0.2, 0.25) is 0 Å². The molecule has 1 aliphatic heterocycles. The number of carbonyl (C=O) groups excluding carboxylic acids is 2. The van der Waals surface area contributed by atoms with E-state index in [2.05, 4.69) is 10.1 Å². The van der Waals surface area contributed by atoms with Crippen LogP contribution in [0, 0.1) is 5.92 Å². The molecule has 152 valence electrons. The molecular weight excluding hydrogens is 385 g/mol. The highest BCUT2D eigenvalue weighted by molar-refractivity contribution is 5.95.